The van der Waals surface area contributed by atoms with Gasteiger partial charge in [-0.05, 0) is 51.4 Å². The molecule has 0 bridgehead atoms. The summed E-state index contributed by atoms with van der Waals surface area (Å²) < 4.78 is 21.3. The fraction of sp³-hybridized carbons (Fsp3) is 0.879. The highest BCUT2D eigenvalue weighted by molar-refractivity contribution is 5.69. The molecular formula is C33H64N4O8. The Bertz CT molecular complexity index is 676. The van der Waals surface area contributed by atoms with Crippen molar-refractivity contribution in [3.63, 3.8) is 0 Å². The summed E-state index contributed by atoms with van der Waals surface area (Å²) in [5, 5.41) is 10.4. The highest BCUT2D eigenvalue weighted by Crippen LogP contribution is 2.15. The van der Waals surface area contributed by atoms with E-state index < -0.39 is 24.4 Å². The summed E-state index contributed by atoms with van der Waals surface area (Å²) in [5.74, 6) is 0. The molecule has 12 heteroatoms. The van der Waals surface area contributed by atoms with Gasteiger partial charge in [0.05, 0.1) is 13.2 Å². The molecule has 4 N–H and O–H groups in total. The van der Waals surface area contributed by atoms with Gasteiger partial charge in [-0.3, -0.25) is 0 Å². The number of ether oxygens (including phenoxy) is 4. The Morgan fingerprint density at radius 2 is 0.711 bits per heavy atom. The molecule has 0 saturated carbocycles. The summed E-state index contributed by atoms with van der Waals surface area (Å²) in [6.45, 7) is 9.56. The molecule has 0 spiro atoms. The van der Waals surface area contributed by atoms with Crippen molar-refractivity contribution in [2.45, 2.75) is 149 Å². The summed E-state index contributed by atoms with van der Waals surface area (Å²) in [6.07, 6.45) is 14.6. The fourth-order valence-electron chi connectivity index (χ4n) is 4.55. The highest BCUT2D eigenvalue weighted by Gasteiger charge is 2.15. The fourth-order valence-corrected chi connectivity index (χ4v) is 4.55. The average molecular weight is 645 g/mol. The molecule has 0 fully saturated rings. The lowest BCUT2D eigenvalue weighted by molar-refractivity contribution is 0.0836. The predicted octanol–water partition coefficient (Wildman–Crippen LogP) is 7.34. The average Bonchev–Trinajstić information content (AvgIpc) is 3.01. The van der Waals surface area contributed by atoms with Crippen LogP contribution in [0.3, 0.4) is 0 Å². The van der Waals surface area contributed by atoms with Crippen LogP contribution in [-0.4, -0.2) is 76.0 Å². The molecule has 45 heavy (non-hydrogen) atoms. The molecule has 0 aromatic carbocycles. The van der Waals surface area contributed by atoms with Gasteiger partial charge in [-0.1, -0.05) is 79.1 Å². The highest BCUT2D eigenvalue weighted by atomic mass is 16.6. The van der Waals surface area contributed by atoms with Crippen LogP contribution in [0.15, 0.2) is 0 Å². The molecule has 0 heterocycles. The van der Waals surface area contributed by atoms with E-state index in [0.29, 0.717) is 6.42 Å². The van der Waals surface area contributed by atoms with Gasteiger partial charge in [0.25, 0.3) is 0 Å². The van der Waals surface area contributed by atoms with Gasteiger partial charge < -0.3 is 40.2 Å². The first-order valence-electron chi connectivity index (χ1n) is 17.6. The molecule has 0 aliphatic rings. The topological polar surface area (TPSA) is 153 Å². The SMILES string of the molecule is CCCCCC(CCCCC)OC(=O)NCCNC(=O)OCCCOC(=O)NCCNC(=O)OC(CCCCC)CCCCC. The Labute approximate surface area is 272 Å². The van der Waals surface area contributed by atoms with Crippen molar-refractivity contribution >= 4 is 24.4 Å². The first-order valence-corrected chi connectivity index (χ1v) is 17.6. The zero-order valence-electron chi connectivity index (χ0n) is 28.7. The largest absolute Gasteiger partial charge is 0.449 e. The second-order valence-electron chi connectivity index (χ2n) is 11.4. The molecule has 4 amide bonds. The molecule has 0 aromatic heterocycles. The van der Waals surface area contributed by atoms with E-state index in [9.17, 15) is 19.2 Å². The third-order valence-corrected chi connectivity index (χ3v) is 7.15. The van der Waals surface area contributed by atoms with Crippen LogP contribution in [0, 0.1) is 0 Å². The van der Waals surface area contributed by atoms with Crippen molar-refractivity contribution in [2.24, 2.45) is 0 Å². The lowest BCUT2D eigenvalue weighted by Gasteiger charge is -2.18. The van der Waals surface area contributed by atoms with E-state index in [1.807, 2.05) is 0 Å². The van der Waals surface area contributed by atoms with E-state index in [2.05, 4.69) is 49.0 Å². The first-order chi connectivity index (χ1) is 21.9. The third-order valence-electron chi connectivity index (χ3n) is 7.15. The predicted molar refractivity (Wildman–Crippen MR) is 176 cm³/mol. The zero-order chi connectivity index (χ0) is 33.4. The minimum atomic E-state index is -0.623. The smallest absolute Gasteiger partial charge is 0.407 e. The van der Waals surface area contributed by atoms with Crippen molar-refractivity contribution in [3.05, 3.63) is 0 Å². The van der Waals surface area contributed by atoms with Crippen LogP contribution in [-0.2, 0) is 18.9 Å². The van der Waals surface area contributed by atoms with E-state index in [0.717, 1.165) is 103 Å². The summed E-state index contributed by atoms with van der Waals surface area (Å²) in [7, 11) is 0. The van der Waals surface area contributed by atoms with E-state index in [-0.39, 0.29) is 51.6 Å². The van der Waals surface area contributed by atoms with E-state index in [1.54, 1.807) is 0 Å². The lowest BCUT2D eigenvalue weighted by Crippen LogP contribution is -2.37. The second-order valence-corrected chi connectivity index (χ2v) is 11.4. The first kappa shape index (κ1) is 42.1. The minimum Gasteiger partial charge on any atom is -0.449 e. The van der Waals surface area contributed by atoms with Crippen molar-refractivity contribution in [3.8, 4) is 0 Å². The molecule has 0 rings (SSSR count). The van der Waals surface area contributed by atoms with Crippen molar-refractivity contribution in [1.29, 1.82) is 0 Å². The molecule has 0 radical (unpaired) electrons. The van der Waals surface area contributed by atoms with Gasteiger partial charge >= 0.3 is 24.4 Å². The van der Waals surface area contributed by atoms with Gasteiger partial charge in [0.2, 0.25) is 0 Å². The monoisotopic (exact) mass is 644 g/mol. The Kier molecular flexibility index (Phi) is 29.1. The number of carbonyl (C=O) groups is 4. The quantitative estimate of drug-likeness (QED) is 0.0510. The van der Waals surface area contributed by atoms with Gasteiger partial charge in [0.15, 0.2) is 0 Å². The number of alkyl carbamates (subject to hydrolysis) is 4. The molecule has 0 aliphatic carbocycles. The Balaban J connectivity index is 3.91. The second kappa shape index (κ2) is 31.1. The van der Waals surface area contributed by atoms with Crippen LogP contribution in [0.2, 0.25) is 0 Å². The van der Waals surface area contributed by atoms with Crippen LogP contribution in [0.4, 0.5) is 19.2 Å². The lowest BCUT2D eigenvalue weighted by atomic mass is 10.0. The Hall–Kier alpha value is -2.92. The van der Waals surface area contributed by atoms with E-state index >= 15 is 0 Å². The standard InChI is InChI=1S/C33H64N4O8/c1-5-9-13-18-28(19-14-10-6-2)44-32(40)36-24-22-34-30(38)42-26-17-27-43-31(39)35-23-25-37-33(41)45-29(20-15-11-7-3)21-16-12-8-4/h28-29H,5-27H2,1-4H3,(H,34,38)(H,35,39)(H,36,40)(H,37,41). The molecule has 0 unspecified atom stereocenters. The van der Waals surface area contributed by atoms with Crippen LogP contribution < -0.4 is 21.3 Å². The van der Waals surface area contributed by atoms with Crippen LogP contribution in [0.25, 0.3) is 0 Å². The number of unbranched alkanes of at least 4 members (excludes halogenated alkanes) is 8. The van der Waals surface area contributed by atoms with Gasteiger partial charge in [0, 0.05) is 32.6 Å². The third kappa shape index (κ3) is 28.3. The molecule has 0 aromatic rings. The Morgan fingerprint density at radius 3 is 1.00 bits per heavy atom. The van der Waals surface area contributed by atoms with Crippen molar-refractivity contribution < 1.29 is 38.1 Å². The molecule has 0 aliphatic heterocycles. The number of carbonyl (C=O) groups excluding carboxylic acids is 4. The summed E-state index contributed by atoms with van der Waals surface area (Å²) >= 11 is 0. The number of rotatable bonds is 28. The molecule has 0 saturated heterocycles. The number of amides is 4. The van der Waals surface area contributed by atoms with Crippen LogP contribution >= 0.6 is 0 Å². The number of hydrogen-bond acceptors (Lipinski definition) is 8. The summed E-state index contributed by atoms with van der Waals surface area (Å²) in [6, 6.07) is 0. The minimum absolute atomic E-state index is 0.0663. The van der Waals surface area contributed by atoms with Gasteiger partial charge in [-0.15, -0.1) is 0 Å². The van der Waals surface area contributed by atoms with Gasteiger partial charge in [-0.25, -0.2) is 19.2 Å². The summed E-state index contributed by atoms with van der Waals surface area (Å²) in [4.78, 5) is 48.0. The Morgan fingerprint density at radius 1 is 0.422 bits per heavy atom. The van der Waals surface area contributed by atoms with Gasteiger partial charge in [0.1, 0.15) is 12.2 Å². The molecule has 12 nitrogen and oxygen atoms in total. The van der Waals surface area contributed by atoms with Crippen LogP contribution in [0.1, 0.15) is 137 Å². The molecule has 264 valence electrons. The normalized spacial score (nSPS) is 10.8. The maximum Gasteiger partial charge on any atom is 0.407 e. The van der Waals surface area contributed by atoms with E-state index in [1.165, 1.54) is 0 Å². The van der Waals surface area contributed by atoms with Crippen molar-refractivity contribution in [2.75, 3.05) is 39.4 Å². The maximum atomic E-state index is 12.1. The molecule has 0 atom stereocenters. The number of hydrogen-bond donors (Lipinski definition) is 4. The van der Waals surface area contributed by atoms with Crippen molar-refractivity contribution in [1.82, 2.24) is 21.3 Å². The number of nitrogens with one attached hydrogen (secondary N) is 4. The molecular weight excluding hydrogens is 580 g/mol. The summed E-state index contributed by atoms with van der Waals surface area (Å²) in [5.41, 5.74) is 0. The zero-order valence-corrected chi connectivity index (χ0v) is 28.7. The maximum absolute atomic E-state index is 12.1. The van der Waals surface area contributed by atoms with Crippen LogP contribution in [0.5, 0.6) is 0 Å². The van der Waals surface area contributed by atoms with E-state index in [4.69, 9.17) is 18.9 Å². The van der Waals surface area contributed by atoms with Gasteiger partial charge in [-0.2, -0.15) is 0 Å².